The van der Waals surface area contributed by atoms with Crippen LogP contribution in [0.5, 0.6) is 0 Å². The number of benzene rings is 1. The van der Waals surface area contributed by atoms with E-state index in [0.29, 0.717) is 29.8 Å². The first kappa shape index (κ1) is 31.8. The van der Waals surface area contributed by atoms with Crippen molar-refractivity contribution in [3.63, 3.8) is 0 Å². The number of aliphatic hydroxyl groups is 1. The van der Waals surface area contributed by atoms with E-state index in [0.717, 1.165) is 0 Å². The van der Waals surface area contributed by atoms with Crippen LogP contribution in [0.4, 0.5) is 5.69 Å². The number of nitrogens with zero attached hydrogens (tertiary/aromatic N) is 1. The summed E-state index contributed by atoms with van der Waals surface area (Å²) in [4.78, 5) is 36.9. The molecular formula is C29H36N2O7. The van der Waals surface area contributed by atoms with E-state index in [1.165, 1.54) is 18.2 Å². The summed E-state index contributed by atoms with van der Waals surface area (Å²) in [6.45, 7) is 12.6. The van der Waals surface area contributed by atoms with Crippen molar-refractivity contribution in [2.24, 2.45) is 0 Å². The summed E-state index contributed by atoms with van der Waals surface area (Å²) in [5, 5.41) is 22.4. The molecule has 9 heteroatoms. The smallest absolute Gasteiger partial charge is 0.337 e. The van der Waals surface area contributed by atoms with E-state index in [9.17, 15) is 19.7 Å². The Bertz CT molecular complexity index is 1130. The second kappa shape index (κ2) is 17.3. The van der Waals surface area contributed by atoms with Gasteiger partial charge in [-0.25, -0.2) is 9.59 Å². The molecule has 0 amide bonds. The zero-order valence-corrected chi connectivity index (χ0v) is 22.1. The zero-order valence-electron chi connectivity index (χ0n) is 22.1. The molecule has 2 N–H and O–H groups in total. The SMILES string of the molecule is C=CCCO.C=CCCOC(=O)C1=C(C)NC(C)=C(C(=O)OCC=CC=CC)C1c1cccc([N+](=O)[O-])c1. The number of nitro groups is 1. The lowest BCUT2D eigenvalue weighted by molar-refractivity contribution is -0.384. The van der Waals surface area contributed by atoms with Crippen LogP contribution in [0.15, 0.2) is 96.4 Å². The average Bonchev–Trinajstić information content (AvgIpc) is 2.89. The van der Waals surface area contributed by atoms with E-state index in [1.54, 1.807) is 50.3 Å². The number of nitrogens with one attached hydrogen (secondary N) is 1. The number of non-ortho nitro benzene ring substituents is 1. The Labute approximate surface area is 223 Å². The topological polar surface area (TPSA) is 128 Å². The van der Waals surface area contributed by atoms with Gasteiger partial charge in [0.05, 0.1) is 28.6 Å². The lowest BCUT2D eigenvalue weighted by Gasteiger charge is -2.30. The third-order valence-electron chi connectivity index (χ3n) is 5.25. The van der Waals surface area contributed by atoms with Crippen LogP contribution in [0.25, 0.3) is 0 Å². The van der Waals surface area contributed by atoms with Gasteiger partial charge < -0.3 is 19.9 Å². The van der Waals surface area contributed by atoms with Crippen molar-refractivity contribution in [3.05, 3.63) is 112 Å². The maximum absolute atomic E-state index is 13.1. The van der Waals surface area contributed by atoms with Gasteiger partial charge in [0.1, 0.15) is 6.61 Å². The largest absolute Gasteiger partial charge is 0.462 e. The molecule has 0 saturated carbocycles. The number of rotatable bonds is 12. The van der Waals surface area contributed by atoms with E-state index >= 15 is 0 Å². The van der Waals surface area contributed by atoms with Gasteiger partial charge in [-0.2, -0.15) is 0 Å². The van der Waals surface area contributed by atoms with Crippen molar-refractivity contribution in [2.75, 3.05) is 19.8 Å². The fourth-order valence-electron chi connectivity index (χ4n) is 3.54. The highest BCUT2D eigenvalue weighted by Gasteiger charge is 2.38. The fourth-order valence-corrected chi connectivity index (χ4v) is 3.54. The highest BCUT2D eigenvalue weighted by molar-refractivity contribution is 6.00. The lowest BCUT2D eigenvalue weighted by atomic mass is 9.80. The molecule has 1 heterocycles. The Morgan fingerprint density at radius 2 is 1.71 bits per heavy atom. The summed E-state index contributed by atoms with van der Waals surface area (Å²) in [6.07, 6.45) is 11.5. The van der Waals surface area contributed by atoms with Crippen LogP contribution in [0.3, 0.4) is 0 Å². The van der Waals surface area contributed by atoms with Crippen LogP contribution in [0.2, 0.25) is 0 Å². The molecule has 1 aliphatic rings. The third kappa shape index (κ3) is 9.67. The minimum Gasteiger partial charge on any atom is -0.462 e. The first-order valence-electron chi connectivity index (χ1n) is 12.1. The van der Waals surface area contributed by atoms with Crippen molar-refractivity contribution >= 4 is 17.6 Å². The van der Waals surface area contributed by atoms with E-state index < -0.39 is 22.8 Å². The van der Waals surface area contributed by atoms with Gasteiger partial charge in [-0.05, 0) is 45.3 Å². The molecule has 0 spiro atoms. The molecule has 0 bridgehead atoms. The molecule has 9 nitrogen and oxygen atoms in total. The molecule has 38 heavy (non-hydrogen) atoms. The summed E-state index contributed by atoms with van der Waals surface area (Å²) in [6, 6.07) is 5.86. The van der Waals surface area contributed by atoms with Crippen LogP contribution in [0.1, 0.15) is 45.1 Å². The van der Waals surface area contributed by atoms with E-state index in [1.807, 2.05) is 13.0 Å². The predicted molar refractivity (Wildman–Crippen MR) is 147 cm³/mol. The van der Waals surface area contributed by atoms with Gasteiger partial charge in [0.2, 0.25) is 0 Å². The molecule has 1 unspecified atom stereocenters. The van der Waals surface area contributed by atoms with Crippen LogP contribution >= 0.6 is 0 Å². The van der Waals surface area contributed by atoms with Crippen LogP contribution in [-0.2, 0) is 19.1 Å². The molecular weight excluding hydrogens is 488 g/mol. The summed E-state index contributed by atoms with van der Waals surface area (Å²) >= 11 is 0. The first-order chi connectivity index (χ1) is 18.2. The summed E-state index contributed by atoms with van der Waals surface area (Å²) in [5.74, 6) is -2.15. The number of esters is 2. The Morgan fingerprint density at radius 1 is 1.08 bits per heavy atom. The van der Waals surface area contributed by atoms with E-state index in [4.69, 9.17) is 14.6 Å². The van der Waals surface area contributed by atoms with Crippen molar-refractivity contribution in [1.82, 2.24) is 5.32 Å². The molecule has 0 saturated heterocycles. The van der Waals surface area contributed by atoms with Gasteiger partial charge in [-0.3, -0.25) is 10.1 Å². The predicted octanol–water partition coefficient (Wildman–Crippen LogP) is 5.18. The maximum atomic E-state index is 13.1. The van der Waals surface area contributed by atoms with Gasteiger partial charge in [0.15, 0.2) is 0 Å². The molecule has 204 valence electrons. The number of carbonyl (C=O) groups is 2. The van der Waals surface area contributed by atoms with E-state index in [2.05, 4.69) is 18.5 Å². The maximum Gasteiger partial charge on any atom is 0.337 e. The number of nitro benzene ring substituents is 1. The number of hydrogen-bond acceptors (Lipinski definition) is 8. The highest BCUT2D eigenvalue weighted by atomic mass is 16.6. The van der Waals surface area contributed by atoms with Crippen molar-refractivity contribution < 1.29 is 29.1 Å². The minimum atomic E-state index is -0.894. The van der Waals surface area contributed by atoms with Crippen molar-refractivity contribution in [3.8, 4) is 0 Å². The lowest BCUT2D eigenvalue weighted by Crippen LogP contribution is -2.32. The van der Waals surface area contributed by atoms with Crippen molar-refractivity contribution in [1.29, 1.82) is 0 Å². The molecule has 0 fully saturated rings. The Kier molecular flexibility index (Phi) is 14.4. The van der Waals surface area contributed by atoms with Gasteiger partial charge in [0.25, 0.3) is 5.69 Å². The normalized spacial score (nSPS) is 15.0. The third-order valence-corrected chi connectivity index (χ3v) is 5.25. The number of dihydropyridines is 1. The highest BCUT2D eigenvalue weighted by Crippen LogP contribution is 2.40. The monoisotopic (exact) mass is 524 g/mol. The van der Waals surface area contributed by atoms with Gasteiger partial charge in [-0.15, -0.1) is 13.2 Å². The van der Waals surface area contributed by atoms with Crippen LogP contribution in [0, 0.1) is 10.1 Å². The molecule has 1 aromatic carbocycles. The summed E-state index contributed by atoms with van der Waals surface area (Å²) in [5.41, 5.74) is 1.64. The molecule has 2 rings (SSSR count). The average molecular weight is 525 g/mol. The quantitative estimate of drug-likeness (QED) is 0.0956. The van der Waals surface area contributed by atoms with Crippen LogP contribution < -0.4 is 5.32 Å². The number of aliphatic hydroxyl groups excluding tert-OH is 1. The van der Waals surface area contributed by atoms with Gasteiger partial charge >= 0.3 is 11.9 Å². The second-order valence-electron chi connectivity index (χ2n) is 8.05. The Hall–Kier alpha value is -4.24. The molecule has 0 aliphatic carbocycles. The molecule has 0 aromatic heterocycles. The summed E-state index contributed by atoms with van der Waals surface area (Å²) in [7, 11) is 0. The van der Waals surface area contributed by atoms with Gasteiger partial charge in [-0.1, -0.05) is 42.5 Å². The molecule has 1 aliphatic heterocycles. The fraction of sp³-hybridized carbons (Fsp3) is 0.310. The standard InChI is InChI=1S/C25H28N2O6.C4H8O/c1-5-7-9-10-15-33-25(29)22-18(4)26-17(3)21(24(28)32-14-8-6-2)23(22)19-12-11-13-20(16-19)27(30)31;1-2-3-4-5/h5-7,9-13,16,23,26H,2,8,14-15H2,1,3-4H3;2,5H,1,3-4H2. The molecule has 0 radical (unpaired) electrons. The molecule has 1 aromatic rings. The Balaban J connectivity index is 0.00000132. The minimum absolute atomic E-state index is 0.0312. The first-order valence-corrected chi connectivity index (χ1v) is 12.1. The Morgan fingerprint density at radius 3 is 2.24 bits per heavy atom. The number of allylic oxidation sites excluding steroid dienone is 5. The number of hydrogen-bond donors (Lipinski definition) is 2. The van der Waals surface area contributed by atoms with E-state index in [-0.39, 0.29) is 36.7 Å². The summed E-state index contributed by atoms with van der Waals surface area (Å²) < 4.78 is 10.8. The second-order valence-corrected chi connectivity index (χ2v) is 8.05. The van der Waals surface area contributed by atoms with Gasteiger partial charge in [0, 0.05) is 30.1 Å². The number of carbonyl (C=O) groups excluding carboxylic acids is 2. The molecule has 1 atom stereocenters. The zero-order chi connectivity index (χ0) is 28.5. The van der Waals surface area contributed by atoms with Crippen molar-refractivity contribution in [2.45, 2.75) is 39.5 Å². The van der Waals surface area contributed by atoms with Crippen LogP contribution in [-0.4, -0.2) is 41.8 Å². The number of ether oxygens (including phenoxy) is 2.